The van der Waals surface area contributed by atoms with Crippen molar-refractivity contribution < 1.29 is 4.74 Å². The molecule has 2 N–H and O–H groups in total. The van der Waals surface area contributed by atoms with E-state index in [0.717, 1.165) is 26.1 Å². The largest absolute Gasteiger partial charge is 0.371 e. The van der Waals surface area contributed by atoms with Crippen LogP contribution < -0.4 is 5.73 Å². The fraction of sp³-hybridized carbons (Fsp3) is 0.538. The Balaban J connectivity index is 1.72. The molecule has 1 aromatic carbocycles. The van der Waals surface area contributed by atoms with Crippen molar-refractivity contribution in [3.8, 4) is 0 Å². The lowest BCUT2D eigenvalue weighted by Crippen LogP contribution is -2.42. The normalized spacial score (nSPS) is 34.9. The predicted molar refractivity (Wildman–Crippen MR) is 63.1 cm³/mol. The summed E-state index contributed by atoms with van der Waals surface area (Å²) in [5, 5.41) is 0. The van der Waals surface area contributed by atoms with Gasteiger partial charge in [-0.25, -0.2) is 0 Å². The van der Waals surface area contributed by atoms with Crippen molar-refractivity contribution in [2.24, 2.45) is 5.73 Å². The van der Waals surface area contributed by atoms with Crippen LogP contribution in [-0.4, -0.2) is 36.7 Å². The van der Waals surface area contributed by atoms with Crippen LogP contribution in [0.1, 0.15) is 18.1 Å². The summed E-state index contributed by atoms with van der Waals surface area (Å²) < 4.78 is 5.93. The molecule has 0 radical (unpaired) electrons. The molecule has 0 unspecified atom stereocenters. The number of rotatable bonds is 1. The summed E-state index contributed by atoms with van der Waals surface area (Å²) in [5.74, 6) is 0. The van der Waals surface area contributed by atoms with Crippen molar-refractivity contribution in [3.05, 3.63) is 35.9 Å². The summed E-state index contributed by atoms with van der Waals surface area (Å²) in [6.07, 6.45) is 1.31. The Morgan fingerprint density at radius 2 is 2.00 bits per heavy atom. The third-order valence-electron chi connectivity index (χ3n) is 3.62. The summed E-state index contributed by atoms with van der Waals surface area (Å²) in [6.45, 7) is 2.84. The number of nitrogens with two attached hydrogens (primary N) is 1. The maximum Gasteiger partial charge on any atom is 0.0952 e. The van der Waals surface area contributed by atoms with Crippen LogP contribution in [0.3, 0.4) is 0 Å². The Kier molecular flexibility index (Phi) is 2.67. The molecule has 16 heavy (non-hydrogen) atoms. The zero-order chi connectivity index (χ0) is 11.0. The molecule has 1 aromatic rings. The van der Waals surface area contributed by atoms with Crippen LogP contribution in [-0.2, 0) is 4.74 Å². The van der Waals surface area contributed by atoms with Gasteiger partial charge in [-0.2, -0.15) is 0 Å². The molecule has 0 aromatic heterocycles. The van der Waals surface area contributed by atoms with Crippen molar-refractivity contribution in [2.45, 2.75) is 24.6 Å². The van der Waals surface area contributed by atoms with E-state index in [1.165, 1.54) is 5.56 Å². The van der Waals surface area contributed by atoms with Crippen LogP contribution in [0.4, 0.5) is 0 Å². The van der Waals surface area contributed by atoms with Gasteiger partial charge >= 0.3 is 0 Å². The maximum absolute atomic E-state index is 5.98. The number of hydrogen-bond donors (Lipinski definition) is 1. The molecule has 3 heteroatoms. The average Bonchev–Trinajstić information content (AvgIpc) is 2.69. The Morgan fingerprint density at radius 3 is 2.81 bits per heavy atom. The Hall–Kier alpha value is -0.900. The van der Waals surface area contributed by atoms with Gasteiger partial charge in [0.15, 0.2) is 0 Å². The predicted octanol–water partition coefficient (Wildman–Crippen LogP) is 1.16. The topological polar surface area (TPSA) is 38.5 Å². The minimum atomic E-state index is 0.225. The first-order chi connectivity index (χ1) is 7.83. The van der Waals surface area contributed by atoms with E-state index in [9.17, 15) is 0 Å². The molecule has 0 saturated carbocycles. The Morgan fingerprint density at radius 1 is 1.19 bits per heavy atom. The number of nitrogens with zero attached hydrogens (tertiary/aromatic N) is 1. The number of benzene rings is 1. The number of ether oxygens (including phenoxy) is 1. The van der Waals surface area contributed by atoms with E-state index >= 15 is 0 Å². The van der Waals surface area contributed by atoms with Gasteiger partial charge in [0.2, 0.25) is 0 Å². The van der Waals surface area contributed by atoms with Crippen molar-refractivity contribution in [1.29, 1.82) is 0 Å². The third kappa shape index (κ3) is 1.86. The van der Waals surface area contributed by atoms with Gasteiger partial charge in [-0.05, 0) is 12.0 Å². The highest BCUT2D eigenvalue weighted by atomic mass is 16.5. The van der Waals surface area contributed by atoms with Crippen molar-refractivity contribution in [3.63, 3.8) is 0 Å². The van der Waals surface area contributed by atoms with E-state index in [-0.39, 0.29) is 6.10 Å². The second-order valence-electron chi connectivity index (χ2n) is 4.84. The zero-order valence-electron chi connectivity index (χ0n) is 9.38. The molecule has 2 aliphatic heterocycles. The first-order valence-corrected chi connectivity index (χ1v) is 5.99. The van der Waals surface area contributed by atoms with Gasteiger partial charge in [0.05, 0.1) is 12.7 Å². The van der Waals surface area contributed by atoms with Crippen LogP contribution in [0.25, 0.3) is 0 Å². The van der Waals surface area contributed by atoms with Crippen LogP contribution in [0.15, 0.2) is 30.3 Å². The molecule has 3 rings (SSSR count). The lowest BCUT2D eigenvalue weighted by Gasteiger charge is -2.35. The van der Waals surface area contributed by atoms with E-state index in [1.54, 1.807) is 0 Å². The lowest BCUT2D eigenvalue weighted by molar-refractivity contribution is -0.0501. The second-order valence-corrected chi connectivity index (χ2v) is 4.84. The summed E-state index contributed by atoms with van der Waals surface area (Å²) in [4.78, 5) is 2.48. The van der Waals surface area contributed by atoms with Gasteiger partial charge in [-0.1, -0.05) is 30.3 Å². The van der Waals surface area contributed by atoms with E-state index in [0.29, 0.717) is 12.1 Å². The van der Waals surface area contributed by atoms with Gasteiger partial charge in [0.1, 0.15) is 0 Å². The van der Waals surface area contributed by atoms with Crippen molar-refractivity contribution in [1.82, 2.24) is 4.90 Å². The quantitative estimate of drug-likeness (QED) is 0.768. The molecule has 3 atom stereocenters. The SMILES string of the molecule is N[C@H]1C[C@H]2CO[C@@H](c3ccccc3)CN2C1. The monoisotopic (exact) mass is 218 g/mol. The molecule has 2 saturated heterocycles. The first kappa shape index (κ1) is 10.3. The highest BCUT2D eigenvalue weighted by Gasteiger charge is 2.36. The number of fused-ring (bicyclic) bond motifs is 1. The molecule has 86 valence electrons. The number of morpholine rings is 1. The van der Waals surface area contributed by atoms with E-state index < -0.39 is 0 Å². The summed E-state index contributed by atoms with van der Waals surface area (Å²) in [5.41, 5.74) is 7.26. The molecule has 2 aliphatic rings. The molecule has 0 amide bonds. The fourth-order valence-corrected chi connectivity index (χ4v) is 2.78. The molecule has 2 fully saturated rings. The van der Waals surface area contributed by atoms with Gasteiger partial charge < -0.3 is 10.5 Å². The molecule has 0 spiro atoms. The zero-order valence-corrected chi connectivity index (χ0v) is 9.38. The lowest BCUT2D eigenvalue weighted by atomic mass is 10.1. The second kappa shape index (κ2) is 4.17. The molecule has 3 nitrogen and oxygen atoms in total. The minimum Gasteiger partial charge on any atom is -0.371 e. The molecular weight excluding hydrogens is 200 g/mol. The Bertz CT molecular complexity index is 354. The van der Waals surface area contributed by atoms with Gasteiger partial charge in [0, 0.05) is 25.2 Å². The molecule has 2 heterocycles. The van der Waals surface area contributed by atoms with Crippen molar-refractivity contribution in [2.75, 3.05) is 19.7 Å². The summed E-state index contributed by atoms with van der Waals surface area (Å²) in [6, 6.07) is 11.3. The van der Waals surface area contributed by atoms with Gasteiger partial charge in [-0.15, -0.1) is 0 Å². The van der Waals surface area contributed by atoms with E-state index in [2.05, 4.69) is 29.2 Å². The van der Waals surface area contributed by atoms with Crippen LogP contribution >= 0.6 is 0 Å². The highest BCUT2D eigenvalue weighted by Crippen LogP contribution is 2.29. The van der Waals surface area contributed by atoms with Crippen LogP contribution in [0.2, 0.25) is 0 Å². The minimum absolute atomic E-state index is 0.225. The molecule has 0 aliphatic carbocycles. The van der Waals surface area contributed by atoms with Crippen LogP contribution in [0.5, 0.6) is 0 Å². The van der Waals surface area contributed by atoms with Crippen LogP contribution in [0, 0.1) is 0 Å². The van der Waals surface area contributed by atoms with Gasteiger partial charge in [0.25, 0.3) is 0 Å². The number of hydrogen-bond acceptors (Lipinski definition) is 3. The highest BCUT2D eigenvalue weighted by molar-refractivity contribution is 5.18. The first-order valence-electron chi connectivity index (χ1n) is 5.99. The smallest absolute Gasteiger partial charge is 0.0952 e. The fourth-order valence-electron chi connectivity index (χ4n) is 2.78. The summed E-state index contributed by atoms with van der Waals surface area (Å²) in [7, 11) is 0. The average molecular weight is 218 g/mol. The maximum atomic E-state index is 5.98. The Labute approximate surface area is 96.2 Å². The summed E-state index contributed by atoms with van der Waals surface area (Å²) >= 11 is 0. The van der Waals surface area contributed by atoms with Gasteiger partial charge in [-0.3, -0.25) is 4.90 Å². The molecular formula is C13H18N2O. The van der Waals surface area contributed by atoms with Crippen molar-refractivity contribution >= 4 is 0 Å². The standard InChI is InChI=1S/C13H18N2O/c14-11-6-12-9-16-13(8-15(12)7-11)10-4-2-1-3-5-10/h1-5,11-13H,6-9,14H2/t11-,12-,13+/m0/s1. The molecule has 0 bridgehead atoms. The van der Waals surface area contributed by atoms with E-state index in [1.807, 2.05) is 6.07 Å². The third-order valence-corrected chi connectivity index (χ3v) is 3.62. The van der Waals surface area contributed by atoms with E-state index in [4.69, 9.17) is 10.5 Å².